The lowest BCUT2D eigenvalue weighted by Crippen LogP contribution is -2.14. The molecule has 0 saturated carbocycles. The third kappa shape index (κ3) is 4.47. The summed E-state index contributed by atoms with van der Waals surface area (Å²) in [6, 6.07) is 5.76. The molecule has 0 radical (unpaired) electrons. The van der Waals surface area contributed by atoms with Crippen LogP contribution in [0.2, 0.25) is 0 Å². The van der Waals surface area contributed by atoms with E-state index >= 15 is 0 Å². The summed E-state index contributed by atoms with van der Waals surface area (Å²) in [4.78, 5) is 17.3. The third-order valence-corrected chi connectivity index (χ3v) is 5.77. The Bertz CT molecular complexity index is 923. The number of aromatic nitrogens is 3. The Morgan fingerprint density at radius 3 is 2.80 bits per heavy atom. The molecule has 0 fully saturated rings. The predicted octanol–water partition coefficient (Wildman–Crippen LogP) is 4.61. The summed E-state index contributed by atoms with van der Waals surface area (Å²) in [5.41, 5.74) is 2.72. The third-order valence-electron chi connectivity index (χ3n) is 3.23. The molecule has 6 nitrogen and oxygen atoms in total. The van der Waals surface area contributed by atoms with Crippen LogP contribution in [-0.2, 0) is 4.79 Å². The van der Waals surface area contributed by atoms with E-state index in [0.29, 0.717) is 11.1 Å². The molecule has 2 aromatic heterocycles. The Morgan fingerprint density at radius 2 is 2.12 bits per heavy atom. The van der Waals surface area contributed by atoms with Crippen molar-refractivity contribution in [3.63, 3.8) is 0 Å². The molecule has 130 valence electrons. The molecule has 25 heavy (non-hydrogen) atoms. The molecule has 3 aromatic rings. The summed E-state index contributed by atoms with van der Waals surface area (Å²) < 4.78 is 6.47. The summed E-state index contributed by atoms with van der Waals surface area (Å²) in [5, 5.41) is 12.2. The second kappa shape index (κ2) is 7.67. The SMILES string of the molecule is Cc1ccc(NC(=O)CSc2nnc(-c3sc(C)nc3C)o2)c(Br)c1. The van der Waals surface area contributed by atoms with E-state index in [1.165, 1.54) is 23.1 Å². The molecule has 0 aliphatic heterocycles. The molecule has 0 aliphatic rings. The van der Waals surface area contributed by atoms with Gasteiger partial charge in [0.25, 0.3) is 11.1 Å². The second-order valence-electron chi connectivity index (χ2n) is 5.34. The number of amides is 1. The van der Waals surface area contributed by atoms with E-state index in [0.717, 1.165) is 31.3 Å². The maximum Gasteiger partial charge on any atom is 0.277 e. The fourth-order valence-electron chi connectivity index (χ4n) is 2.12. The average molecular weight is 439 g/mol. The fourth-order valence-corrected chi connectivity index (χ4v) is 4.12. The van der Waals surface area contributed by atoms with E-state index in [1.54, 1.807) is 0 Å². The van der Waals surface area contributed by atoms with Crippen molar-refractivity contribution >= 4 is 50.6 Å². The number of nitrogens with one attached hydrogen (secondary N) is 1. The Labute approximate surface area is 161 Å². The highest BCUT2D eigenvalue weighted by atomic mass is 79.9. The minimum absolute atomic E-state index is 0.140. The van der Waals surface area contributed by atoms with Crippen molar-refractivity contribution in [3.05, 3.63) is 38.9 Å². The van der Waals surface area contributed by atoms with Crippen molar-refractivity contribution in [3.8, 4) is 10.8 Å². The molecule has 0 spiro atoms. The van der Waals surface area contributed by atoms with Crippen LogP contribution in [0, 0.1) is 20.8 Å². The second-order valence-corrected chi connectivity index (χ2v) is 8.32. The van der Waals surface area contributed by atoms with E-state index in [2.05, 4.69) is 36.4 Å². The Morgan fingerprint density at radius 1 is 1.32 bits per heavy atom. The first-order chi connectivity index (χ1) is 11.9. The van der Waals surface area contributed by atoms with Crippen LogP contribution in [0.5, 0.6) is 0 Å². The van der Waals surface area contributed by atoms with Crippen LogP contribution in [-0.4, -0.2) is 26.8 Å². The quantitative estimate of drug-likeness (QED) is 0.585. The number of halogens is 1. The van der Waals surface area contributed by atoms with E-state index < -0.39 is 0 Å². The van der Waals surface area contributed by atoms with Crippen molar-refractivity contribution in [2.45, 2.75) is 26.0 Å². The first kappa shape index (κ1) is 18.1. The smallest absolute Gasteiger partial charge is 0.277 e. The zero-order valence-electron chi connectivity index (χ0n) is 13.8. The number of carbonyl (C=O) groups excluding carboxylic acids is 1. The van der Waals surface area contributed by atoms with Crippen LogP contribution in [0.15, 0.2) is 32.3 Å². The minimum Gasteiger partial charge on any atom is -0.410 e. The molecule has 2 heterocycles. The van der Waals surface area contributed by atoms with Crippen LogP contribution in [0.4, 0.5) is 5.69 Å². The number of hydrogen-bond acceptors (Lipinski definition) is 7. The maximum absolute atomic E-state index is 12.1. The summed E-state index contributed by atoms with van der Waals surface area (Å²) >= 11 is 6.15. The molecule has 0 unspecified atom stereocenters. The monoisotopic (exact) mass is 438 g/mol. The van der Waals surface area contributed by atoms with Gasteiger partial charge in [0, 0.05) is 4.47 Å². The maximum atomic E-state index is 12.1. The minimum atomic E-state index is -0.140. The molecule has 0 atom stereocenters. The number of nitrogens with zero attached hydrogens (tertiary/aromatic N) is 3. The Hall–Kier alpha value is -1.71. The average Bonchev–Trinajstić information content (AvgIpc) is 3.14. The van der Waals surface area contributed by atoms with Gasteiger partial charge in [-0.25, -0.2) is 4.98 Å². The lowest BCUT2D eigenvalue weighted by Gasteiger charge is -2.07. The molecule has 0 aliphatic carbocycles. The summed E-state index contributed by atoms with van der Waals surface area (Å²) in [6.45, 7) is 5.83. The molecular formula is C16H15BrN4O2S2. The summed E-state index contributed by atoms with van der Waals surface area (Å²) in [5.74, 6) is 0.481. The van der Waals surface area contributed by atoms with Gasteiger partial charge in [-0.1, -0.05) is 17.8 Å². The van der Waals surface area contributed by atoms with Gasteiger partial charge >= 0.3 is 0 Å². The van der Waals surface area contributed by atoms with Crippen molar-refractivity contribution in [1.82, 2.24) is 15.2 Å². The van der Waals surface area contributed by atoms with Gasteiger partial charge in [-0.05, 0) is 54.4 Å². The van der Waals surface area contributed by atoms with E-state index in [1.807, 2.05) is 39.0 Å². The highest BCUT2D eigenvalue weighted by Crippen LogP contribution is 2.30. The lowest BCUT2D eigenvalue weighted by molar-refractivity contribution is -0.113. The molecular weight excluding hydrogens is 424 g/mol. The predicted molar refractivity (Wildman–Crippen MR) is 103 cm³/mol. The van der Waals surface area contributed by atoms with Crippen LogP contribution in [0.25, 0.3) is 10.8 Å². The highest BCUT2D eigenvalue weighted by molar-refractivity contribution is 9.10. The van der Waals surface area contributed by atoms with E-state index in [9.17, 15) is 4.79 Å². The lowest BCUT2D eigenvalue weighted by atomic mass is 10.2. The van der Waals surface area contributed by atoms with Gasteiger partial charge in [0.05, 0.1) is 22.1 Å². The number of anilines is 1. The summed E-state index contributed by atoms with van der Waals surface area (Å²) in [6.07, 6.45) is 0. The van der Waals surface area contributed by atoms with E-state index in [-0.39, 0.29) is 11.7 Å². The molecule has 1 amide bonds. The number of hydrogen-bond donors (Lipinski definition) is 1. The molecule has 9 heteroatoms. The van der Waals surface area contributed by atoms with Crippen LogP contribution in [0.3, 0.4) is 0 Å². The van der Waals surface area contributed by atoms with Crippen LogP contribution in [0.1, 0.15) is 16.3 Å². The van der Waals surface area contributed by atoms with Gasteiger partial charge in [-0.3, -0.25) is 4.79 Å². The van der Waals surface area contributed by atoms with Gasteiger partial charge < -0.3 is 9.73 Å². The Kier molecular flexibility index (Phi) is 5.55. The van der Waals surface area contributed by atoms with Gasteiger partial charge in [0.15, 0.2) is 0 Å². The topological polar surface area (TPSA) is 80.9 Å². The number of aryl methyl sites for hydroxylation is 3. The normalized spacial score (nSPS) is 10.9. The standard InChI is InChI=1S/C16H15BrN4O2S2/c1-8-4-5-12(11(17)6-8)19-13(22)7-24-16-21-20-15(23-16)14-9(2)18-10(3)25-14/h4-6H,7H2,1-3H3,(H,19,22). The zero-order chi connectivity index (χ0) is 18.0. The van der Waals surface area contributed by atoms with Crippen molar-refractivity contribution in [2.75, 3.05) is 11.1 Å². The zero-order valence-corrected chi connectivity index (χ0v) is 17.0. The van der Waals surface area contributed by atoms with Gasteiger partial charge in [0.1, 0.15) is 4.88 Å². The van der Waals surface area contributed by atoms with Crippen LogP contribution < -0.4 is 5.32 Å². The molecule has 0 saturated heterocycles. The van der Waals surface area contributed by atoms with Gasteiger partial charge in [0.2, 0.25) is 5.91 Å². The largest absolute Gasteiger partial charge is 0.410 e. The molecule has 1 aromatic carbocycles. The van der Waals surface area contributed by atoms with Gasteiger partial charge in [-0.2, -0.15) is 0 Å². The van der Waals surface area contributed by atoms with Crippen molar-refractivity contribution in [1.29, 1.82) is 0 Å². The number of thioether (sulfide) groups is 1. The highest BCUT2D eigenvalue weighted by Gasteiger charge is 2.16. The molecule has 0 bridgehead atoms. The number of rotatable bonds is 5. The number of carbonyl (C=O) groups is 1. The number of thiazole rings is 1. The number of benzene rings is 1. The Balaban J connectivity index is 1.60. The van der Waals surface area contributed by atoms with Gasteiger partial charge in [-0.15, -0.1) is 21.5 Å². The van der Waals surface area contributed by atoms with Crippen molar-refractivity contribution < 1.29 is 9.21 Å². The fraction of sp³-hybridized carbons (Fsp3) is 0.250. The molecule has 3 rings (SSSR count). The first-order valence-corrected chi connectivity index (χ1v) is 9.98. The molecule has 1 N–H and O–H groups in total. The van der Waals surface area contributed by atoms with Crippen LogP contribution >= 0.6 is 39.0 Å². The summed E-state index contributed by atoms with van der Waals surface area (Å²) in [7, 11) is 0. The van der Waals surface area contributed by atoms with E-state index in [4.69, 9.17) is 4.42 Å². The first-order valence-electron chi connectivity index (χ1n) is 7.39. The van der Waals surface area contributed by atoms with Crippen molar-refractivity contribution in [2.24, 2.45) is 0 Å².